The molecule has 0 atom stereocenters. The van der Waals surface area contributed by atoms with E-state index in [0.29, 0.717) is 0 Å². The Morgan fingerprint density at radius 3 is 2.00 bits per heavy atom. The Bertz CT molecular complexity index is 20.9. The summed E-state index contributed by atoms with van der Waals surface area (Å²) in [5.41, 5.74) is 0. The third-order valence-corrected chi connectivity index (χ3v) is 0.0430. The first-order valence-electron chi connectivity index (χ1n) is 0.654. The Morgan fingerprint density at radius 1 is 1.80 bits per heavy atom. The van der Waals surface area contributed by atoms with Crippen molar-refractivity contribution in [1.82, 2.24) is 0 Å². The summed E-state index contributed by atoms with van der Waals surface area (Å²) in [6.07, 6.45) is 0. The molecule has 3 nitrogen and oxygen atoms in total. The average molecular weight is 170 g/mol. The van der Waals surface area contributed by atoms with Crippen molar-refractivity contribution in [3.05, 3.63) is 0 Å². The quantitative estimate of drug-likeness (QED) is 0.252. The minimum absolute atomic E-state index is 0. The predicted molar refractivity (Wildman–Crippen MR) is 9.78 cm³/mol. The fourth-order valence-corrected chi connectivity index (χ4v) is 0. The van der Waals surface area contributed by atoms with Gasteiger partial charge in [-0.2, -0.15) is 0 Å². The summed E-state index contributed by atoms with van der Waals surface area (Å²) in [6, 6.07) is 0. The summed E-state index contributed by atoms with van der Waals surface area (Å²) in [4.78, 5) is 11.6. The van der Waals surface area contributed by atoms with Gasteiger partial charge in [0.05, 0.1) is 0 Å². The number of carbonyl (C=O) groups is 1. The van der Waals surface area contributed by atoms with Gasteiger partial charge in [0.15, 0.2) is 0 Å². The van der Waals surface area contributed by atoms with Gasteiger partial charge in [0, 0.05) is 22.4 Å². The van der Waals surface area contributed by atoms with Crippen LogP contribution in [0.25, 0.3) is 0 Å². The minimum Gasteiger partial charge on any atom is -0.304 e. The number of carbonyl (C=O) groups excluding carboxylic acids is 1. The maximum absolute atomic E-state index is 8.70. The number of rotatable bonds is 1. The van der Waals surface area contributed by atoms with E-state index in [0.717, 1.165) is 0 Å². The number of hydrogen-bond acceptors (Lipinski definition) is 3. The van der Waals surface area contributed by atoms with Crippen molar-refractivity contribution in [2.24, 2.45) is 0 Å². The second-order valence-corrected chi connectivity index (χ2v) is 0.202. The molecule has 1 radical (unpaired) electrons. The molecule has 0 aliphatic carbocycles. The van der Waals surface area contributed by atoms with Crippen LogP contribution in [-0.2, 0) is 32.1 Å². The van der Waals surface area contributed by atoms with Crippen LogP contribution in [-0.4, -0.2) is 11.7 Å². The first kappa shape index (κ1) is 8.95. The molecule has 0 saturated heterocycles. The second-order valence-electron chi connectivity index (χ2n) is 0.202. The monoisotopic (exact) mass is 169 g/mol. The van der Waals surface area contributed by atoms with Gasteiger partial charge in [0.2, 0.25) is 0 Å². The molecule has 0 aliphatic heterocycles. The molecule has 0 aromatic heterocycles. The molecule has 0 aromatic carbocycles. The topological polar surface area (TPSA) is 46.5 Å². The third kappa shape index (κ3) is 14.3. The molecule has 0 unspecified atom stereocenters. The molecule has 0 rings (SSSR count). The average Bonchev–Trinajstić information content (AvgIpc) is 1.37. The van der Waals surface area contributed by atoms with E-state index in [-0.39, 0.29) is 28.9 Å². The van der Waals surface area contributed by atoms with Crippen LogP contribution >= 0.6 is 0 Å². The molecular weight excluding hydrogens is 168 g/mol. The van der Waals surface area contributed by atoms with Crippen LogP contribution in [0.5, 0.6) is 0 Å². The zero-order valence-electron chi connectivity index (χ0n) is 2.14. The molecule has 0 aromatic rings. The summed E-state index contributed by atoms with van der Waals surface area (Å²) in [5, 5.41) is 7.01. The van der Waals surface area contributed by atoms with Gasteiger partial charge in [-0.05, 0) is 0 Å². The minimum atomic E-state index is -0.0694. The van der Waals surface area contributed by atoms with Crippen LogP contribution in [0.15, 0.2) is 0 Å². The molecule has 35 valence electrons. The number of hydrogen-bond donors (Lipinski definition) is 1. The van der Waals surface area contributed by atoms with Crippen molar-refractivity contribution in [2.75, 3.05) is 0 Å². The molecule has 1 N–H and O–H groups in total. The molecular formula is CH2AgO3. The van der Waals surface area contributed by atoms with Crippen molar-refractivity contribution in [1.29, 1.82) is 0 Å². The fourth-order valence-electron chi connectivity index (χ4n) is 0. The van der Waals surface area contributed by atoms with Gasteiger partial charge in [0.1, 0.15) is 0 Å². The van der Waals surface area contributed by atoms with Gasteiger partial charge < -0.3 is 4.89 Å². The Balaban J connectivity index is 0. The van der Waals surface area contributed by atoms with Crippen molar-refractivity contribution in [3.63, 3.8) is 0 Å². The smallest absolute Gasteiger partial charge is 0.304 e. The van der Waals surface area contributed by atoms with E-state index in [9.17, 15) is 0 Å². The van der Waals surface area contributed by atoms with Gasteiger partial charge in [-0.25, -0.2) is 5.26 Å². The van der Waals surface area contributed by atoms with E-state index in [1.165, 1.54) is 0 Å². The van der Waals surface area contributed by atoms with Gasteiger partial charge in [0.25, 0.3) is 0 Å². The molecule has 0 spiro atoms. The molecule has 0 heterocycles. The van der Waals surface area contributed by atoms with E-state index in [1.54, 1.807) is 0 Å². The standard InChI is InChI=1S/CH2O3.Ag/c2-1-4-3;/h1,3H;. The Labute approximate surface area is 44.4 Å². The van der Waals surface area contributed by atoms with Crippen LogP contribution < -0.4 is 0 Å². The first-order chi connectivity index (χ1) is 1.91. The largest absolute Gasteiger partial charge is 0.330 e. The third-order valence-electron chi connectivity index (χ3n) is 0.0430. The van der Waals surface area contributed by atoms with Gasteiger partial charge >= 0.3 is 6.47 Å². The summed E-state index contributed by atoms with van der Waals surface area (Å²) < 4.78 is 0. The molecule has 5 heavy (non-hydrogen) atoms. The normalized spacial score (nSPS) is 4.20. The zero-order valence-corrected chi connectivity index (χ0v) is 3.62. The van der Waals surface area contributed by atoms with Gasteiger partial charge in [-0.15, -0.1) is 0 Å². The molecule has 0 saturated carbocycles. The molecule has 0 fully saturated rings. The van der Waals surface area contributed by atoms with Crippen molar-refractivity contribution < 1.29 is 37.3 Å². The maximum Gasteiger partial charge on any atom is 0.330 e. The Kier molecular flexibility index (Phi) is 15.9. The van der Waals surface area contributed by atoms with E-state index >= 15 is 0 Å². The first-order valence-corrected chi connectivity index (χ1v) is 0.654. The van der Waals surface area contributed by atoms with Crippen molar-refractivity contribution in [3.8, 4) is 0 Å². The van der Waals surface area contributed by atoms with Crippen LogP contribution in [0, 0.1) is 0 Å². The maximum atomic E-state index is 8.70. The zero-order chi connectivity index (χ0) is 3.41. The summed E-state index contributed by atoms with van der Waals surface area (Å²) in [5.74, 6) is 0. The van der Waals surface area contributed by atoms with Crippen molar-refractivity contribution >= 4 is 6.47 Å². The van der Waals surface area contributed by atoms with Crippen LogP contribution in [0.1, 0.15) is 0 Å². The SMILES string of the molecule is O=COO.[Ag]. The summed E-state index contributed by atoms with van der Waals surface area (Å²) in [6.45, 7) is -0.0694. The molecule has 0 amide bonds. The fraction of sp³-hybridized carbons (Fsp3) is 0. The van der Waals surface area contributed by atoms with Crippen LogP contribution in [0.3, 0.4) is 0 Å². The van der Waals surface area contributed by atoms with Crippen LogP contribution in [0.2, 0.25) is 0 Å². The van der Waals surface area contributed by atoms with Crippen LogP contribution in [0.4, 0.5) is 0 Å². The van der Waals surface area contributed by atoms with Gasteiger partial charge in [-0.1, -0.05) is 0 Å². The summed E-state index contributed by atoms with van der Waals surface area (Å²) >= 11 is 0. The van der Waals surface area contributed by atoms with E-state index < -0.39 is 0 Å². The molecule has 4 heteroatoms. The Hall–Kier alpha value is 0.170. The van der Waals surface area contributed by atoms with Crippen molar-refractivity contribution in [2.45, 2.75) is 0 Å². The van der Waals surface area contributed by atoms with E-state index in [1.807, 2.05) is 0 Å². The Morgan fingerprint density at radius 2 is 2.00 bits per heavy atom. The predicted octanol–water partition coefficient (Wildman–Crippen LogP) is -0.370. The summed E-state index contributed by atoms with van der Waals surface area (Å²) in [7, 11) is 0. The molecule has 0 aliphatic rings. The molecule has 0 bridgehead atoms. The second kappa shape index (κ2) is 8.90. The van der Waals surface area contributed by atoms with E-state index in [4.69, 9.17) is 10.1 Å². The van der Waals surface area contributed by atoms with E-state index in [2.05, 4.69) is 4.89 Å². The van der Waals surface area contributed by atoms with Gasteiger partial charge in [-0.3, -0.25) is 4.79 Å².